The first-order valence-electron chi connectivity index (χ1n) is 7.59. The van der Waals surface area contributed by atoms with Gasteiger partial charge in [0, 0.05) is 0 Å². The predicted octanol–water partition coefficient (Wildman–Crippen LogP) is 5.34. The van der Waals surface area contributed by atoms with E-state index in [4.69, 9.17) is 0 Å². The molecule has 0 nitrogen and oxygen atoms in total. The van der Waals surface area contributed by atoms with Crippen LogP contribution in [0.3, 0.4) is 0 Å². The van der Waals surface area contributed by atoms with E-state index in [1.807, 2.05) is 0 Å². The molecule has 0 aromatic heterocycles. The zero-order chi connectivity index (χ0) is 12.6. The second-order valence-corrected chi connectivity index (χ2v) is 12.6. The summed E-state index contributed by atoms with van der Waals surface area (Å²) in [6.07, 6.45) is 8.08. The second-order valence-electron chi connectivity index (χ2n) is 7.74. The molecule has 0 heterocycles. The Labute approximate surface area is 109 Å². The van der Waals surface area contributed by atoms with Gasteiger partial charge in [0.2, 0.25) is 0 Å². The van der Waals surface area contributed by atoms with E-state index < -0.39 is 8.07 Å². The highest BCUT2D eigenvalue weighted by molar-refractivity contribution is 6.80. The Morgan fingerprint density at radius 1 is 1.00 bits per heavy atom. The van der Waals surface area contributed by atoms with Gasteiger partial charge >= 0.3 is 0 Å². The Morgan fingerprint density at radius 3 is 1.94 bits per heavy atom. The summed E-state index contributed by atoms with van der Waals surface area (Å²) in [6.45, 7) is 12.4. The highest BCUT2D eigenvalue weighted by atomic mass is 28.3. The number of hydrogen-bond acceptors (Lipinski definition) is 0. The third-order valence-electron chi connectivity index (χ3n) is 4.92. The lowest BCUT2D eigenvalue weighted by Crippen LogP contribution is -2.40. The van der Waals surface area contributed by atoms with Gasteiger partial charge in [-0.25, -0.2) is 0 Å². The summed E-state index contributed by atoms with van der Waals surface area (Å²) in [4.78, 5) is 0. The van der Waals surface area contributed by atoms with Crippen LogP contribution in [0.1, 0.15) is 40.5 Å². The fourth-order valence-corrected chi connectivity index (χ4v) is 11.5. The first kappa shape index (κ1) is 13.4. The Kier molecular flexibility index (Phi) is 3.87. The van der Waals surface area contributed by atoms with Crippen LogP contribution in [0.2, 0.25) is 24.2 Å². The van der Waals surface area contributed by atoms with Crippen LogP contribution in [-0.4, -0.2) is 8.07 Å². The summed E-state index contributed by atoms with van der Waals surface area (Å²) in [5, 5.41) is 0. The van der Waals surface area contributed by atoms with E-state index >= 15 is 0 Å². The van der Waals surface area contributed by atoms with Crippen molar-refractivity contribution in [3.63, 3.8) is 0 Å². The van der Waals surface area contributed by atoms with Crippen LogP contribution in [0.5, 0.6) is 0 Å². The van der Waals surface area contributed by atoms with E-state index in [0.717, 1.165) is 29.2 Å². The van der Waals surface area contributed by atoms with Crippen molar-refractivity contribution in [2.24, 2.45) is 23.7 Å². The highest BCUT2D eigenvalue weighted by Crippen LogP contribution is 2.54. The minimum Gasteiger partial charge on any atom is -0.0851 e. The fraction of sp³-hybridized carbons (Fsp3) is 0.875. The average molecular weight is 251 g/mol. The van der Waals surface area contributed by atoms with Crippen molar-refractivity contribution in [2.45, 2.75) is 64.7 Å². The molecule has 0 aliphatic heterocycles. The molecule has 3 atom stereocenters. The zero-order valence-electron chi connectivity index (χ0n) is 12.4. The van der Waals surface area contributed by atoms with Gasteiger partial charge in [-0.1, -0.05) is 58.5 Å². The number of fused-ring (bicyclic) bond motifs is 2. The summed E-state index contributed by atoms with van der Waals surface area (Å²) in [5.41, 5.74) is 1.10. The molecule has 1 saturated carbocycles. The zero-order valence-corrected chi connectivity index (χ0v) is 13.4. The van der Waals surface area contributed by atoms with E-state index in [0.29, 0.717) is 0 Å². The molecule has 0 saturated heterocycles. The van der Waals surface area contributed by atoms with Gasteiger partial charge in [0.05, 0.1) is 8.07 Å². The lowest BCUT2D eigenvalue weighted by Gasteiger charge is -2.40. The normalized spacial score (nSPS) is 32.1. The van der Waals surface area contributed by atoms with Crippen LogP contribution >= 0.6 is 0 Å². The minimum atomic E-state index is -1.05. The Morgan fingerprint density at radius 2 is 1.59 bits per heavy atom. The maximum atomic E-state index is 2.71. The van der Waals surface area contributed by atoms with Gasteiger partial charge in [-0.2, -0.15) is 0 Å². The summed E-state index contributed by atoms with van der Waals surface area (Å²) in [5.74, 6) is 3.72. The lowest BCUT2D eigenvalue weighted by molar-refractivity contribution is 0.609. The third kappa shape index (κ3) is 2.86. The van der Waals surface area contributed by atoms with Gasteiger partial charge in [0.1, 0.15) is 0 Å². The van der Waals surface area contributed by atoms with E-state index in [2.05, 4.69) is 46.4 Å². The average Bonchev–Trinajstić information content (AvgIpc) is 2.75. The monoisotopic (exact) mass is 250 g/mol. The largest absolute Gasteiger partial charge is 0.0851 e. The molecule has 2 bridgehead atoms. The quantitative estimate of drug-likeness (QED) is 0.456. The molecule has 98 valence electrons. The van der Waals surface area contributed by atoms with E-state index in [-0.39, 0.29) is 0 Å². The Bertz CT molecular complexity index is 280. The molecular weight excluding hydrogens is 220 g/mol. The van der Waals surface area contributed by atoms with E-state index in [1.54, 1.807) is 12.1 Å². The molecular formula is C16H30Si. The minimum absolute atomic E-state index is 0.897. The standard InChI is InChI=1S/C16H30Si/c1-12(2)10-17(5,11-13(3)4)16-9-14-6-7-15(16)8-14/h6-7,12-16H,8-11H2,1-5H3. The van der Waals surface area contributed by atoms with Crippen LogP contribution in [0.4, 0.5) is 0 Å². The van der Waals surface area contributed by atoms with Crippen LogP contribution in [0, 0.1) is 23.7 Å². The summed E-state index contributed by atoms with van der Waals surface area (Å²) < 4.78 is 0. The van der Waals surface area contributed by atoms with Crippen molar-refractivity contribution in [3.05, 3.63) is 12.2 Å². The molecule has 3 unspecified atom stereocenters. The van der Waals surface area contributed by atoms with Gasteiger partial charge in [0.25, 0.3) is 0 Å². The van der Waals surface area contributed by atoms with Gasteiger partial charge < -0.3 is 0 Å². The lowest BCUT2D eigenvalue weighted by atomic mass is 10.1. The van der Waals surface area contributed by atoms with Crippen molar-refractivity contribution in [2.75, 3.05) is 0 Å². The maximum absolute atomic E-state index is 2.71. The first-order valence-corrected chi connectivity index (χ1v) is 10.6. The molecule has 0 aromatic rings. The van der Waals surface area contributed by atoms with Crippen LogP contribution in [-0.2, 0) is 0 Å². The molecule has 0 spiro atoms. The van der Waals surface area contributed by atoms with Gasteiger partial charge in [-0.05, 0) is 42.1 Å². The van der Waals surface area contributed by atoms with Crippen LogP contribution in [0.25, 0.3) is 0 Å². The first-order chi connectivity index (χ1) is 7.90. The molecule has 1 heteroatoms. The van der Waals surface area contributed by atoms with Gasteiger partial charge in [-0.15, -0.1) is 0 Å². The van der Waals surface area contributed by atoms with Gasteiger partial charge in [-0.3, -0.25) is 0 Å². The van der Waals surface area contributed by atoms with Crippen molar-refractivity contribution in [1.82, 2.24) is 0 Å². The van der Waals surface area contributed by atoms with Crippen LogP contribution in [0.15, 0.2) is 12.2 Å². The molecule has 0 radical (unpaired) electrons. The summed E-state index contributed by atoms with van der Waals surface area (Å²) in [7, 11) is -1.05. The summed E-state index contributed by atoms with van der Waals surface area (Å²) >= 11 is 0. The van der Waals surface area contributed by atoms with Crippen LogP contribution < -0.4 is 0 Å². The predicted molar refractivity (Wildman–Crippen MR) is 80.0 cm³/mol. The SMILES string of the molecule is CC(C)C[Si](C)(CC(C)C)C1CC2C=CC1C2. The van der Waals surface area contributed by atoms with Crippen molar-refractivity contribution in [1.29, 1.82) is 0 Å². The smallest absolute Gasteiger partial charge is 0.0546 e. The van der Waals surface area contributed by atoms with Crippen molar-refractivity contribution >= 4 is 8.07 Å². The molecule has 2 aliphatic rings. The van der Waals surface area contributed by atoms with Crippen molar-refractivity contribution in [3.8, 4) is 0 Å². The molecule has 1 fully saturated rings. The topological polar surface area (TPSA) is 0 Å². The Balaban J connectivity index is 2.12. The van der Waals surface area contributed by atoms with Gasteiger partial charge in [0.15, 0.2) is 0 Å². The molecule has 17 heavy (non-hydrogen) atoms. The van der Waals surface area contributed by atoms with E-state index in [1.165, 1.54) is 12.8 Å². The summed E-state index contributed by atoms with van der Waals surface area (Å²) in [6, 6.07) is 3.10. The number of hydrogen-bond donors (Lipinski definition) is 0. The Hall–Kier alpha value is -0.0431. The third-order valence-corrected chi connectivity index (χ3v) is 10.9. The molecule has 0 aromatic carbocycles. The fourth-order valence-electron chi connectivity index (χ4n) is 4.83. The van der Waals surface area contributed by atoms with E-state index in [9.17, 15) is 0 Å². The highest BCUT2D eigenvalue weighted by Gasteiger charge is 2.47. The molecule has 2 rings (SSSR count). The molecule has 2 aliphatic carbocycles. The second kappa shape index (κ2) is 4.91. The molecule has 0 amide bonds. The maximum Gasteiger partial charge on any atom is 0.0546 e. The van der Waals surface area contributed by atoms with Crippen molar-refractivity contribution < 1.29 is 0 Å². The number of allylic oxidation sites excluding steroid dienone is 2. The number of rotatable bonds is 5. The molecule has 0 N–H and O–H groups in total.